The number of allylic oxidation sites excluding steroid dienone is 5. The fourth-order valence-electron chi connectivity index (χ4n) is 5.59. The first-order chi connectivity index (χ1) is 11.1. The van der Waals surface area contributed by atoms with Crippen LogP contribution < -0.4 is 0 Å². The van der Waals surface area contributed by atoms with Crippen LogP contribution in [0.25, 0.3) is 0 Å². The molecule has 3 unspecified atom stereocenters. The van der Waals surface area contributed by atoms with Gasteiger partial charge in [-0.15, -0.1) is 6.42 Å². The van der Waals surface area contributed by atoms with E-state index >= 15 is 0 Å². The van der Waals surface area contributed by atoms with E-state index in [1.54, 1.807) is 6.08 Å². The van der Waals surface area contributed by atoms with Crippen molar-refractivity contribution in [2.45, 2.75) is 51.6 Å². The summed E-state index contributed by atoms with van der Waals surface area (Å²) in [6.45, 7) is 2.20. The smallest absolute Gasteiger partial charge is 0.171 e. The maximum Gasteiger partial charge on any atom is 0.171 e. The van der Waals surface area contributed by atoms with Crippen LogP contribution in [0, 0.1) is 35.5 Å². The largest absolute Gasteiger partial charge is 0.392 e. The highest BCUT2D eigenvalue weighted by molar-refractivity contribution is 5.97. The molecule has 1 saturated carbocycles. The van der Waals surface area contributed by atoms with Gasteiger partial charge in [-0.3, -0.25) is 4.79 Å². The van der Waals surface area contributed by atoms with Gasteiger partial charge in [-0.05, 0) is 73.2 Å². The zero-order valence-corrected chi connectivity index (χ0v) is 13.7. The highest BCUT2D eigenvalue weighted by Gasteiger charge is 2.53. The highest BCUT2D eigenvalue weighted by atomic mass is 16.3. The Morgan fingerprint density at radius 1 is 1.39 bits per heavy atom. The molecule has 0 aromatic heterocycles. The predicted octanol–water partition coefficient (Wildman–Crippen LogP) is 3.58. The zero-order valence-electron chi connectivity index (χ0n) is 13.7. The standard InChI is InChI=1S/C21H24O2/c1-3-13-11-17-14(12-19(13)22)5-6-16-15(17)9-10-21(4-2)18(16)7-8-20(21)23/h1,9-10,12-13,16,18,20,23H,4-8,11H2,2H3/t13?,16-,18+,20?,21?/m1/s1. The van der Waals surface area contributed by atoms with E-state index in [0.29, 0.717) is 18.3 Å². The van der Waals surface area contributed by atoms with Crippen LogP contribution in [0.2, 0.25) is 0 Å². The molecule has 4 rings (SSSR count). The van der Waals surface area contributed by atoms with Gasteiger partial charge in [0.2, 0.25) is 0 Å². The number of carbonyl (C=O) groups is 1. The van der Waals surface area contributed by atoms with Crippen molar-refractivity contribution in [1.82, 2.24) is 0 Å². The van der Waals surface area contributed by atoms with Crippen LogP contribution in [0.4, 0.5) is 0 Å². The summed E-state index contributed by atoms with van der Waals surface area (Å²) in [4.78, 5) is 12.1. The second-order valence-electron chi connectivity index (χ2n) is 7.57. The SMILES string of the molecule is C#CC1CC2=C3C=CC4(CC)C(O)CC[C@H]4[C@@H]3CCC2=CC1=O. The first-order valence-corrected chi connectivity index (χ1v) is 8.92. The average molecular weight is 308 g/mol. The number of terminal acetylenes is 1. The van der Waals surface area contributed by atoms with Gasteiger partial charge in [0, 0.05) is 5.41 Å². The lowest BCUT2D eigenvalue weighted by molar-refractivity contribution is -0.116. The fourth-order valence-corrected chi connectivity index (χ4v) is 5.59. The Morgan fingerprint density at radius 2 is 2.22 bits per heavy atom. The summed E-state index contributed by atoms with van der Waals surface area (Å²) in [6.07, 6.45) is 17.5. The van der Waals surface area contributed by atoms with Crippen LogP contribution in [0.1, 0.15) is 45.4 Å². The van der Waals surface area contributed by atoms with Crippen molar-refractivity contribution < 1.29 is 9.90 Å². The van der Waals surface area contributed by atoms with Gasteiger partial charge in [-0.1, -0.05) is 25.0 Å². The van der Waals surface area contributed by atoms with Crippen molar-refractivity contribution in [3.8, 4) is 12.3 Å². The number of carbonyl (C=O) groups excluding carboxylic acids is 1. The van der Waals surface area contributed by atoms with E-state index in [1.807, 2.05) is 0 Å². The second-order valence-corrected chi connectivity index (χ2v) is 7.57. The summed E-state index contributed by atoms with van der Waals surface area (Å²) in [5.41, 5.74) is 3.90. The van der Waals surface area contributed by atoms with Crippen molar-refractivity contribution in [2.75, 3.05) is 0 Å². The summed E-state index contributed by atoms with van der Waals surface area (Å²) in [7, 11) is 0. The van der Waals surface area contributed by atoms with Crippen molar-refractivity contribution in [3.63, 3.8) is 0 Å². The summed E-state index contributed by atoms with van der Waals surface area (Å²) in [5, 5.41) is 10.6. The Hall–Kier alpha value is -1.59. The van der Waals surface area contributed by atoms with Crippen LogP contribution in [-0.4, -0.2) is 17.0 Å². The molecule has 0 amide bonds. The molecule has 4 aliphatic carbocycles. The molecule has 0 aliphatic heterocycles. The Morgan fingerprint density at radius 3 is 2.96 bits per heavy atom. The van der Waals surface area contributed by atoms with E-state index in [1.165, 1.54) is 16.7 Å². The molecule has 0 heterocycles. The van der Waals surface area contributed by atoms with Crippen LogP contribution in [0.3, 0.4) is 0 Å². The van der Waals surface area contributed by atoms with Gasteiger partial charge < -0.3 is 5.11 Å². The molecule has 23 heavy (non-hydrogen) atoms. The lowest BCUT2D eigenvalue weighted by Crippen LogP contribution is -2.41. The minimum Gasteiger partial charge on any atom is -0.392 e. The Kier molecular flexibility index (Phi) is 3.39. The van der Waals surface area contributed by atoms with Crippen LogP contribution in [0.5, 0.6) is 0 Å². The van der Waals surface area contributed by atoms with E-state index in [-0.39, 0.29) is 23.2 Å². The number of aliphatic hydroxyl groups is 1. The van der Waals surface area contributed by atoms with Gasteiger partial charge in [-0.25, -0.2) is 0 Å². The van der Waals surface area contributed by atoms with E-state index in [2.05, 4.69) is 25.0 Å². The molecule has 0 aromatic carbocycles. The van der Waals surface area contributed by atoms with Crippen LogP contribution in [-0.2, 0) is 4.79 Å². The molecule has 0 bridgehead atoms. The molecule has 0 aromatic rings. The topological polar surface area (TPSA) is 37.3 Å². The van der Waals surface area contributed by atoms with Crippen LogP contribution in [0.15, 0.2) is 34.9 Å². The zero-order chi connectivity index (χ0) is 16.2. The number of hydrogen-bond donors (Lipinski definition) is 1. The quantitative estimate of drug-likeness (QED) is 0.752. The van der Waals surface area contributed by atoms with Gasteiger partial charge in [-0.2, -0.15) is 0 Å². The molecule has 0 spiro atoms. The molecule has 0 radical (unpaired) electrons. The lowest BCUT2D eigenvalue weighted by Gasteiger charge is -2.46. The van der Waals surface area contributed by atoms with Crippen molar-refractivity contribution in [2.24, 2.45) is 23.2 Å². The maximum absolute atomic E-state index is 12.1. The third kappa shape index (κ3) is 1.96. The van der Waals surface area contributed by atoms with E-state index in [9.17, 15) is 9.90 Å². The third-order valence-corrected chi connectivity index (χ3v) is 6.86. The lowest BCUT2D eigenvalue weighted by atomic mass is 9.59. The number of aliphatic hydroxyl groups excluding tert-OH is 1. The summed E-state index contributed by atoms with van der Waals surface area (Å²) < 4.78 is 0. The molecule has 2 heteroatoms. The Labute approximate surface area is 138 Å². The highest BCUT2D eigenvalue weighted by Crippen LogP contribution is 2.58. The first-order valence-electron chi connectivity index (χ1n) is 8.92. The molecule has 1 fully saturated rings. The normalized spacial score (nSPS) is 41.8. The number of fused-ring (bicyclic) bond motifs is 4. The molecule has 0 saturated heterocycles. The van der Waals surface area contributed by atoms with Crippen molar-refractivity contribution in [1.29, 1.82) is 0 Å². The Bertz CT molecular complexity index is 687. The molecule has 4 aliphatic rings. The van der Waals surface area contributed by atoms with Gasteiger partial charge >= 0.3 is 0 Å². The summed E-state index contributed by atoms with van der Waals surface area (Å²) >= 11 is 0. The number of hydrogen-bond acceptors (Lipinski definition) is 2. The van der Waals surface area contributed by atoms with Crippen molar-refractivity contribution in [3.05, 3.63) is 34.9 Å². The van der Waals surface area contributed by atoms with Gasteiger partial charge in [0.25, 0.3) is 0 Å². The Balaban J connectivity index is 1.82. The third-order valence-electron chi connectivity index (χ3n) is 6.86. The molecule has 5 atom stereocenters. The summed E-state index contributed by atoms with van der Waals surface area (Å²) in [6, 6.07) is 0. The second kappa shape index (κ2) is 5.21. The monoisotopic (exact) mass is 308 g/mol. The average Bonchev–Trinajstić information content (AvgIpc) is 2.91. The van der Waals surface area contributed by atoms with Crippen molar-refractivity contribution >= 4 is 5.78 Å². The van der Waals surface area contributed by atoms with Gasteiger partial charge in [0.15, 0.2) is 5.78 Å². The molecular formula is C21H24O2. The predicted molar refractivity (Wildman–Crippen MR) is 90.4 cm³/mol. The molecule has 120 valence electrons. The number of ketones is 1. The van der Waals surface area contributed by atoms with Gasteiger partial charge in [0.1, 0.15) is 0 Å². The van der Waals surface area contributed by atoms with Crippen LogP contribution >= 0.6 is 0 Å². The fraction of sp³-hybridized carbons (Fsp3) is 0.571. The maximum atomic E-state index is 12.1. The molecule has 1 N–H and O–H groups in total. The number of rotatable bonds is 1. The minimum atomic E-state index is -0.291. The first kappa shape index (κ1) is 15.0. The summed E-state index contributed by atoms with van der Waals surface area (Å²) in [5.74, 6) is 3.54. The molecule has 2 nitrogen and oxygen atoms in total. The van der Waals surface area contributed by atoms with Gasteiger partial charge in [0.05, 0.1) is 12.0 Å². The molecular weight excluding hydrogens is 284 g/mol. The minimum absolute atomic E-state index is 0.0358. The van der Waals surface area contributed by atoms with E-state index < -0.39 is 0 Å². The van der Waals surface area contributed by atoms with E-state index in [4.69, 9.17) is 6.42 Å². The van der Waals surface area contributed by atoms with E-state index in [0.717, 1.165) is 32.1 Å².